The number of nitrogens with one attached hydrogen (secondary N) is 1. The summed E-state index contributed by atoms with van der Waals surface area (Å²) in [5.41, 5.74) is 2.73. The summed E-state index contributed by atoms with van der Waals surface area (Å²) in [6.45, 7) is 9.31. The molecule has 4 heteroatoms. The Kier molecular flexibility index (Phi) is 5.00. The van der Waals surface area contributed by atoms with Crippen molar-refractivity contribution in [2.75, 3.05) is 6.54 Å². The minimum absolute atomic E-state index is 0.0253. The molecule has 0 saturated heterocycles. The van der Waals surface area contributed by atoms with E-state index in [1.54, 1.807) is 4.57 Å². The molecule has 2 aromatic carbocycles. The minimum Gasteiger partial charge on any atom is -0.307 e. The molecular weight excluding hydrogens is 310 g/mol. The van der Waals surface area contributed by atoms with E-state index in [0.717, 1.165) is 29.1 Å². The summed E-state index contributed by atoms with van der Waals surface area (Å²) in [4.78, 5) is 18.0. The molecule has 1 atom stereocenters. The first kappa shape index (κ1) is 17.4. The zero-order valence-corrected chi connectivity index (χ0v) is 15.3. The first-order chi connectivity index (χ1) is 12.0. The van der Waals surface area contributed by atoms with Crippen LogP contribution in [0.4, 0.5) is 0 Å². The van der Waals surface area contributed by atoms with E-state index in [2.05, 4.69) is 26.1 Å². The van der Waals surface area contributed by atoms with E-state index in [0.29, 0.717) is 11.3 Å². The summed E-state index contributed by atoms with van der Waals surface area (Å²) >= 11 is 0. The largest absolute Gasteiger partial charge is 0.307 e. The van der Waals surface area contributed by atoms with Gasteiger partial charge in [0, 0.05) is 0 Å². The summed E-state index contributed by atoms with van der Waals surface area (Å²) in [6, 6.07) is 15.5. The lowest BCUT2D eigenvalue weighted by molar-refractivity contribution is 0.475. The molecule has 0 aliphatic heterocycles. The summed E-state index contributed by atoms with van der Waals surface area (Å²) in [5, 5.41) is 4.13. The zero-order chi connectivity index (χ0) is 18.0. The molecule has 0 bridgehead atoms. The molecule has 3 aromatic rings. The van der Waals surface area contributed by atoms with Crippen LogP contribution in [0, 0.1) is 12.8 Å². The molecule has 0 radical (unpaired) electrons. The second kappa shape index (κ2) is 7.19. The van der Waals surface area contributed by atoms with Crippen molar-refractivity contribution < 1.29 is 0 Å². The van der Waals surface area contributed by atoms with E-state index >= 15 is 0 Å². The molecule has 0 amide bonds. The molecule has 0 spiro atoms. The lowest BCUT2D eigenvalue weighted by atomic mass is 10.1. The number of benzene rings is 2. The third-order valence-corrected chi connectivity index (χ3v) is 4.31. The monoisotopic (exact) mass is 335 g/mol. The highest BCUT2D eigenvalue weighted by molar-refractivity contribution is 5.77. The van der Waals surface area contributed by atoms with Crippen molar-refractivity contribution in [2.45, 2.75) is 33.7 Å². The van der Waals surface area contributed by atoms with Gasteiger partial charge in [0.15, 0.2) is 0 Å². The predicted octanol–water partition coefficient (Wildman–Crippen LogP) is 4.00. The van der Waals surface area contributed by atoms with E-state index in [4.69, 9.17) is 4.98 Å². The molecule has 0 aliphatic carbocycles. The third-order valence-electron chi connectivity index (χ3n) is 4.31. The molecule has 1 heterocycles. The molecule has 1 N–H and O–H groups in total. The van der Waals surface area contributed by atoms with Gasteiger partial charge >= 0.3 is 0 Å². The van der Waals surface area contributed by atoms with Crippen LogP contribution >= 0.6 is 0 Å². The number of para-hydroxylation sites is 1. The van der Waals surface area contributed by atoms with Crippen molar-refractivity contribution in [2.24, 2.45) is 5.92 Å². The quantitative estimate of drug-likeness (QED) is 0.766. The van der Waals surface area contributed by atoms with Crippen LogP contribution in [0.3, 0.4) is 0 Å². The Balaban J connectivity index is 2.20. The summed E-state index contributed by atoms with van der Waals surface area (Å²) in [6.07, 6.45) is 0. The van der Waals surface area contributed by atoms with E-state index < -0.39 is 0 Å². The second-order valence-corrected chi connectivity index (χ2v) is 6.99. The maximum Gasteiger partial charge on any atom is 0.266 e. The standard InChI is InChI=1S/C21H25N3O/c1-14(2)13-22-16(4)20-23-19-8-6-5-7-18(19)21(25)24(20)17-11-9-15(3)10-12-17/h5-12,14,16,22H,13H2,1-4H3/t16-/m0/s1. The van der Waals surface area contributed by atoms with Gasteiger partial charge in [-0.3, -0.25) is 9.36 Å². The SMILES string of the molecule is Cc1ccc(-n2c([C@H](C)NCC(C)C)nc3ccccc3c2=O)cc1. The van der Waals surface area contributed by atoms with Crippen LogP contribution in [-0.2, 0) is 0 Å². The van der Waals surface area contributed by atoms with Crippen LogP contribution < -0.4 is 10.9 Å². The average Bonchev–Trinajstić information content (AvgIpc) is 2.60. The lowest BCUT2D eigenvalue weighted by Crippen LogP contribution is -2.31. The van der Waals surface area contributed by atoms with Crippen molar-refractivity contribution in [1.82, 2.24) is 14.9 Å². The number of fused-ring (bicyclic) bond motifs is 1. The van der Waals surface area contributed by atoms with Gasteiger partial charge in [0.1, 0.15) is 5.82 Å². The Bertz CT molecular complexity index is 926. The summed E-state index contributed by atoms with van der Waals surface area (Å²) < 4.78 is 1.74. The van der Waals surface area contributed by atoms with Gasteiger partial charge in [-0.2, -0.15) is 0 Å². The second-order valence-electron chi connectivity index (χ2n) is 6.99. The van der Waals surface area contributed by atoms with Gasteiger partial charge in [0.05, 0.1) is 22.6 Å². The van der Waals surface area contributed by atoms with Crippen molar-refractivity contribution >= 4 is 10.9 Å². The highest BCUT2D eigenvalue weighted by Gasteiger charge is 2.17. The number of aromatic nitrogens is 2. The molecule has 1 aromatic heterocycles. The summed E-state index contributed by atoms with van der Waals surface area (Å²) in [7, 11) is 0. The molecule has 0 unspecified atom stereocenters. The van der Waals surface area contributed by atoms with Crippen LogP contribution in [0.1, 0.15) is 38.2 Å². The molecular formula is C21H25N3O. The summed E-state index contributed by atoms with van der Waals surface area (Å²) in [5.74, 6) is 1.27. The lowest BCUT2D eigenvalue weighted by Gasteiger charge is -2.20. The number of hydrogen-bond acceptors (Lipinski definition) is 3. The topological polar surface area (TPSA) is 46.9 Å². The molecule has 0 saturated carbocycles. The molecule has 0 aliphatic rings. The minimum atomic E-state index is -0.0268. The van der Waals surface area contributed by atoms with Crippen molar-refractivity contribution in [3.05, 3.63) is 70.3 Å². The van der Waals surface area contributed by atoms with Crippen LogP contribution in [0.15, 0.2) is 53.3 Å². The smallest absolute Gasteiger partial charge is 0.266 e. The number of hydrogen-bond donors (Lipinski definition) is 1. The van der Waals surface area contributed by atoms with Crippen LogP contribution in [-0.4, -0.2) is 16.1 Å². The zero-order valence-electron chi connectivity index (χ0n) is 15.3. The van der Waals surface area contributed by atoms with Gasteiger partial charge in [-0.1, -0.05) is 43.7 Å². The number of rotatable bonds is 5. The fourth-order valence-electron chi connectivity index (χ4n) is 2.89. The number of nitrogens with zero attached hydrogens (tertiary/aromatic N) is 2. The fourth-order valence-corrected chi connectivity index (χ4v) is 2.89. The Morgan fingerprint density at radius 3 is 2.40 bits per heavy atom. The highest BCUT2D eigenvalue weighted by atomic mass is 16.1. The van der Waals surface area contributed by atoms with Crippen molar-refractivity contribution in [3.8, 4) is 5.69 Å². The maximum absolute atomic E-state index is 13.2. The van der Waals surface area contributed by atoms with E-state index in [-0.39, 0.29) is 11.6 Å². The average molecular weight is 335 g/mol. The first-order valence-corrected chi connectivity index (χ1v) is 8.79. The Hall–Kier alpha value is -2.46. The fraction of sp³-hybridized carbons (Fsp3) is 0.333. The van der Waals surface area contributed by atoms with E-state index in [1.807, 2.05) is 55.5 Å². The van der Waals surface area contributed by atoms with Gasteiger partial charge in [0.25, 0.3) is 5.56 Å². The van der Waals surface area contributed by atoms with Crippen LogP contribution in [0.25, 0.3) is 16.6 Å². The molecule has 4 nitrogen and oxygen atoms in total. The molecule has 130 valence electrons. The third kappa shape index (κ3) is 3.64. The number of aryl methyl sites for hydroxylation is 1. The van der Waals surface area contributed by atoms with Gasteiger partial charge in [-0.05, 0) is 50.6 Å². The van der Waals surface area contributed by atoms with Crippen molar-refractivity contribution in [1.29, 1.82) is 0 Å². The van der Waals surface area contributed by atoms with E-state index in [1.165, 1.54) is 0 Å². The van der Waals surface area contributed by atoms with Gasteiger partial charge in [-0.25, -0.2) is 4.98 Å². The Morgan fingerprint density at radius 2 is 1.72 bits per heavy atom. The van der Waals surface area contributed by atoms with Gasteiger partial charge < -0.3 is 5.32 Å². The Labute approximate surface area is 148 Å². The first-order valence-electron chi connectivity index (χ1n) is 8.79. The van der Waals surface area contributed by atoms with Crippen LogP contribution in [0.2, 0.25) is 0 Å². The van der Waals surface area contributed by atoms with Gasteiger partial charge in [0.2, 0.25) is 0 Å². The molecule has 25 heavy (non-hydrogen) atoms. The van der Waals surface area contributed by atoms with E-state index in [9.17, 15) is 4.79 Å². The maximum atomic E-state index is 13.2. The molecule has 0 fully saturated rings. The predicted molar refractivity (Wildman–Crippen MR) is 103 cm³/mol. The normalized spacial score (nSPS) is 12.7. The Morgan fingerprint density at radius 1 is 1.04 bits per heavy atom. The highest BCUT2D eigenvalue weighted by Crippen LogP contribution is 2.18. The van der Waals surface area contributed by atoms with Crippen molar-refractivity contribution in [3.63, 3.8) is 0 Å². The van der Waals surface area contributed by atoms with Gasteiger partial charge in [-0.15, -0.1) is 0 Å². The van der Waals surface area contributed by atoms with Crippen LogP contribution in [0.5, 0.6) is 0 Å². The molecule has 3 rings (SSSR count).